The van der Waals surface area contributed by atoms with Crippen LogP contribution in [0.3, 0.4) is 0 Å². The first-order valence-corrected chi connectivity index (χ1v) is 17.1. The number of carbonyl (C=O) groups is 1. The van der Waals surface area contributed by atoms with Crippen LogP contribution in [0.5, 0.6) is 0 Å². The van der Waals surface area contributed by atoms with E-state index in [1.165, 1.54) is 25.7 Å². The van der Waals surface area contributed by atoms with Crippen molar-refractivity contribution >= 4 is 48.8 Å². The van der Waals surface area contributed by atoms with Crippen LogP contribution in [0.25, 0.3) is 5.57 Å². The number of halogens is 1. The van der Waals surface area contributed by atoms with E-state index < -0.39 is 10.0 Å². The number of anilines is 1. The second-order valence-corrected chi connectivity index (χ2v) is 16.7. The quantitative estimate of drug-likeness (QED) is 0.205. The number of nitrogens with zero attached hydrogens (tertiary/aromatic N) is 3. The van der Waals surface area contributed by atoms with E-state index in [1.807, 2.05) is 38.1 Å². The number of benzene rings is 1. The molecule has 0 radical (unpaired) electrons. The van der Waals surface area contributed by atoms with Crippen molar-refractivity contribution in [1.82, 2.24) is 15.2 Å². The topological polar surface area (TPSA) is 118 Å². The lowest BCUT2D eigenvalue weighted by Gasteiger charge is -2.25. The number of nitrogens with two attached hydrogens (primary N) is 1. The molecule has 1 atom stereocenters. The molecule has 1 aromatic heterocycles. The summed E-state index contributed by atoms with van der Waals surface area (Å²) in [5, 5.41) is 10.3. The fourth-order valence-electron chi connectivity index (χ4n) is 5.02. The number of ether oxygens (including phenoxy) is 1. The maximum Gasteiger partial charge on any atom is 0.235 e. The minimum Gasteiger partial charge on any atom is -0.402 e. The van der Waals surface area contributed by atoms with Gasteiger partial charge < -0.3 is 15.8 Å². The van der Waals surface area contributed by atoms with Gasteiger partial charge in [-0.15, -0.1) is 5.10 Å². The number of aromatic nitrogens is 3. The van der Waals surface area contributed by atoms with Crippen molar-refractivity contribution in [3.8, 4) is 0 Å². The lowest BCUT2D eigenvalue weighted by molar-refractivity contribution is -0.119. The van der Waals surface area contributed by atoms with E-state index in [0.29, 0.717) is 47.3 Å². The van der Waals surface area contributed by atoms with Crippen molar-refractivity contribution in [3.63, 3.8) is 0 Å². The maximum atomic E-state index is 13.6. The van der Waals surface area contributed by atoms with Gasteiger partial charge in [-0.1, -0.05) is 12.1 Å². The van der Waals surface area contributed by atoms with E-state index in [9.17, 15) is 4.79 Å². The van der Waals surface area contributed by atoms with Crippen molar-refractivity contribution in [1.29, 1.82) is 0 Å². The Morgan fingerprint density at radius 1 is 1.18 bits per heavy atom. The number of rotatable bonds is 13. The molecule has 2 saturated carbocycles. The van der Waals surface area contributed by atoms with Crippen LogP contribution in [0, 0.1) is 17.8 Å². The highest BCUT2D eigenvalue weighted by atomic mass is 79.9. The second-order valence-electron chi connectivity index (χ2n) is 11.4. The van der Waals surface area contributed by atoms with Gasteiger partial charge in [0.15, 0.2) is 0 Å². The predicted molar refractivity (Wildman–Crippen MR) is 162 cm³/mol. The number of amides is 1. The van der Waals surface area contributed by atoms with Crippen LogP contribution < -0.4 is 11.1 Å². The Balaban J connectivity index is 1.44. The molecule has 0 aliphatic heterocycles. The van der Waals surface area contributed by atoms with Crippen molar-refractivity contribution in [2.24, 2.45) is 28.5 Å². The molecule has 4 N–H and O–H groups in total. The second kappa shape index (κ2) is 12.3. The van der Waals surface area contributed by atoms with Gasteiger partial charge in [-0.3, -0.25) is 14.9 Å². The number of aromatic amines is 1. The summed E-state index contributed by atoms with van der Waals surface area (Å²) >= 11 is 3.33. The smallest absolute Gasteiger partial charge is 0.235 e. The minimum absolute atomic E-state index is 0.0389. The summed E-state index contributed by atoms with van der Waals surface area (Å²) in [6, 6.07) is 7.79. The molecule has 2 aliphatic rings. The zero-order valence-electron chi connectivity index (χ0n) is 23.1. The van der Waals surface area contributed by atoms with Gasteiger partial charge in [-0.2, -0.15) is 0 Å². The molecule has 208 valence electrons. The molecule has 0 bridgehead atoms. The van der Waals surface area contributed by atoms with Crippen LogP contribution in [0.1, 0.15) is 56.8 Å². The van der Waals surface area contributed by atoms with Gasteiger partial charge in [0.25, 0.3) is 0 Å². The van der Waals surface area contributed by atoms with Crippen LogP contribution >= 0.6 is 26.0 Å². The Labute approximate surface area is 236 Å². The van der Waals surface area contributed by atoms with E-state index >= 15 is 0 Å². The number of nitrogens with one attached hydrogen (secondary N) is 2. The van der Waals surface area contributed by atoms with E-state index in [4.69, 9.17) is 10.5 Å². The third-order valence-corrected chi connectivity index (χ3v) is 8.95. The monoisotopic (exact) mass is 604 g/mol. The van der Waals surface area contributed by atoms with E-state index in [-0.39, 0.29) is 11.8 Å². The van der Waals surface area contributed by atoms with Gasteiger partial charge in [-0.25, -0.2) is 15.0 Å². The Bertz CT molecular complexity index is 1160. The molecule has 1 heterocycles. The summed E-state index contributed by atoms with van der Waals surface area (Å²) in [5.41, 5.74) is 10.4. The van der Waals surface area contributed by atoms with Crippen molar-refractivity contribution < 1.29 is 9.53 Å². The summed E-state index contributed by atoms with van der Waals surface area (Å²) in [7, 11) is -0.581. The van der Waals surface area contributed by atoms with Crippen LogP contribution in [-0.4, -0.2) is 64.7 Å². The van der Waals surface area contributed by atoms with E-state index in [2.05, 4.69) is 60.2 Å². The zero-order chi connectivity index (χ0) is 27.4. The molecule has 38 heavy (non-hydrogen) atoms. The summed E-state index contributed by atoms with van der Waals surface area (Å²) in [5.74, 6) is 2.79. The molecule has 1 aromatic carbocycles. The van der Waals surface area contributed by atoms with E-state index in [0.717, 1.165) is 28.3 Å². The third kappa shape index (κ3) is 7.93. The van der Waals surface area contributed by atoms with Gasteiger partial charge >= 0.3 is 0 Å². The van der Waals surface area contributed by atoms with Gasteiger partial charge in [0, 0.05) is 28.4 Å². The van der Waals surface area contributed by atoms with Crippen LogP contribution in [0.4, 0.5) is 5.69 Å². The van der Waals surface area contributed by atoms with Crippen LogP contribution in [0.2, 0.25) is 0 Å². The predicted octanol–water partition coefficient (Wildman–Crippen LogP) is 5.54. The van der Waals surface area contributed by atoms with Gasteiger partial charge in [0.05, 0.1) is 6.61 Å². The molecule has 1 amide bonds. The Morgan fingerprint density at radius 2 is 1.82 bits per heavy atom. The van der Waals surface area contributed by atoms with Gasteiger partial charge in [0.1, 0.15) is 18.5 Å². The van der Waals surface area contributed by atoms with Crippen LogP contribution in [0.15, 0.2) is 39.7 Å². The highest BCUT2D eigenvalue weighted by Gasteiger charge is 2.49. The molecular weight excluding hydrogens is 564 g/mol. The first-order valence-electron chi connectivity index (χ1n) is 13.2. The number of carbonyl (C=O) groups excluding carboxylic acids is 1. The third-order valence-electron chi connectivity index (χ3n) is 7.20. The van der Waals surface area contributed by atoms with Crippen molar-refractivity contribution in [3.05, 3.63) is 46.1 Å². The fourth-order valence-corrected chi connectivity index (χ4v) is 5.92. The van der Waals surface area contributed by atoms with Crippen molar-refractivity contribution in [2.75, 3.05) is 43.2 Å². The van der Waals surface area contributed by atoms with Crippen LogP contribution in [-0.2, 0) is 9.53 Å². The first kappa shape index (κ1) is 28.8. The molecule has 2 fully saturated rings. The number of allylic oxidation sites excluding steroid dienone is 2. The Hall–Kier alpha value is -2.17. The molecule has 0 saturated heterocycles. The largest absolute Gasteiger partial charge is 0.402 e. The number of H-pyrrole nitrogens is 1. The highest BCUT2D eigenvalue weighted by Crippen LogP contribution is 2.54. The van der Waals surface area contributed by atoms with Gasteiger partial charge in [-0.05, 0) is 110 Å². The van der Waals surface area contributed by atoms with Gasteiger partial charge in [0.2, 0.25) is 10.6 Å². The number of hydrogen-bond acceptors (Lipinski definition) is 6. The first-order chi connectivity index (χ1) is 18.0. The average Bonchev–Trinajstić information content (AvgIpc) is 3.77. The summed E-state index contributed by atoms with van der Waals surface area (Å²) < 4.78 is 6.22. The summed E-state index contributed by atoms with van der Waals surface area (Å²) in [6.07, 6.45) is 11.6. The molecule has 1 unspecified atom stereocenters. The maximum absolute atomic E-state index is 13.6. The fraction of sp³-hybridized carbons (Fsp3) is 0.571. The Morgan fingerprint density at radius 3 is 2.32 bits per heavy atom. The molecule has 2 aliphatic carbocycles. The number of hydrogen-bond donors (Lipinski definition) is 3. The average molecular weight is 606 g/mol. The molecule has 4 rings (SSSR count). The normalized spacial score (nSPS) is 18.3. The Kier molecular flexibility index (Phi) is 9.36. The zero-order valence-corrected chi connectivity index (χ0v) is 25.5. The lowest BCUT2D eigenvalue weighted by atomic mass is 9.82. The summed E-state index contributed by atoms with van der Waals surface area (Å²) in [4.78, 5) is 22.7. The van der Waals surface area contributed by atoms with E-state index in [1.54, 1.807) is 0 Å². The number of aliphatic imine (C=N–C) groups is 1. The summed E-state index contributed by atoms with van der Waals surface area (Å²) in [6.45, 7) is 4.85. The standard InChI is InChI=1S/C28H41BrN6O2S/c1-17(30)23(18(2)31-16-37-14-15-38(3,4)5)19-10-12-22(13-11-19)32-27(36)25(26-33-28(29)35-34-26)24(20-6-7-20)21-8-9-21/h10-13,20-21,24-25H,6-9,14-16,30H2,1-5H3,(H,32,36)(H,33,34,35). The van der Waals surface area contributed by atoms with Crippen molar-refractivity contribution in [2.45, 2.75) is 45.4 Å². The molecular formula is C28H41BrN6O2S. The molecule has 2 aromatic rings. The lowest BCUT2D eigenvalue weighted by Crippen LogP contribution is -2.31. The SMILES string of the molecule is CC(=NCOCCS(C)(C)C)C(=C(C)N)c1ccc(NC(=O)C(c2nc(Br)n[nH]2)C(C2CC2)C2CC2)cc1. The molecule has 10 heteroatoms. The highest BCUT2D eigenvalue weighted by molar-refractivity contribution is 9.10. The molecule has 0 spiro atoms. The minimum atomic E-state index is -0.581. The molecule has 8 nitrogen and oxygen atoms in total.